The van der Waals surface area contributed by atoms with Crippen LogP contribution in [0.15, 0.2) is 29.2 Å². The normalized spacial score (nSPS) is 12.6. The first-order chi connectivity index (χ1) is 9.74. The minimum absolute atomic E-state index is 0. The molecule has 1 atom stereocenters. The van der Waals surface area contributed by atoms with Gasteiger partial charge < -0.3 is 11.1 Å². The monoisotopic (exact) mass is 368 g/mol. The standard InChI is InChI=1S/C14H21ClN2O3S.ClH/c1-10(2)7-12(8-16)17-14(18)9-21(19,20)13-5-3-11(15)4-6-13;/h3-6,10,12H,7-9,16H2,1-2H3,(H,17,18);1H. The van der Waals surface area contributed by atoms with Crippen LogP contribution in [0.25, 0.3) is 0 Å². The van der Waals surface area contributed by atoms with E-state index in [-0.39, 0.29) is 29.9 Å². The van der Waals surface area contributed by atoms with Crippen LogP contribution in [0.1, 0.15) is 20.3 Å². The largest absolute Gasteiger partial charge is 0.351 e. The van der Waals surface area contributed by atoms with E-state index in [4.69, 9.17) is 17.3 Å². The number of amides is 1. The van der Waals surface area contributed by atoms with E-state index in [0.717, 1.165) is 0 Å². The highest BCUT2D eigenvalue weighted by Crippen LogP contribution is 2.15. The molecule has 0 aliphatic carbocycles. The summed E-state index contributed by atoms with van der Waals surface area (Å²) >= 11 is 5.72. The first-order valence-corrected chi connectivity index (χ1v) is 8.75. The van der Waals surface area contributed by atoms with E-state index in [2.05, 4.69) is 5.32 Å². The molecule has 0 spiro atoms. The fourth-order valence-corrected chi connectivity index (χ4v) is 3.22. The minimum atomic E-state index is -3.67. The van der Waals surface area contributed by atoms with E-state index in [9.17, 15) is 13.2 Å². The molecule has 0 radical (unpaired) electrons. The summed E-state index contributed by atoms with van der Waals surface area (Å²) in [5.74, 6) is -0.767. The van der Waals surface area contributed by atoms with Crippen molar-refractivity contribution in [2.75, 3.05) is 12.3 Å². The highest BCUT2D eigenvalue weighted by atomic mass is 35.5. The van der Waals surface area contributed by atoms with Crippen LogP contribution < -0.4 is 11.1 Å². The molecule has 0 bridgehead atoms. The lowest BCUT2D eigenvalue weighted by Crippen LogP contribution is -2.43. The highest BCUT2D eigenvalue weighted by Gasteiger charge is 2.21. The van der Waals surface area contributed by atoms with Gasteiger partial charge in [0, 0.05) is 17.6 Å². The molecule has 1 amide bonds. The molecule has 0 aromatic heterocycles. The average molecular weight is 369 g/mol. The Morgan fingerprint density at radius 3 is 2.27 bits per heavy atom. The van der Waals surface area contributed by atoms with Crippen LogP contribution in [-0.2, 0) is 14.6 Å². The summed E-state index contributed by atoms with van der Waals surface area (Å²) in [6, 6.07) is 5.53. The van der Waals surface area contributed by atoms with Gasteiger partial charge >= 0.3 is 0 Å². The van der Waals surface area contributed by atoms with E-state index in [1.165, 1.54) is 24.3 Å². The average Bonchev–Trinajstić information content (AvgIpc) is 2.37. The lowest BCUT2D eigenvalue weighted by Gasteiger charge is -2.18. The van der Waals surface area contributed by atoms with Gasteiger partial charge in [0.1, 0.15) is 5.75 Å². The van der Waals surface area contributed by atoms with Crippen LogP contribution >= 0.6 is 24.0 Å². The van der Waals surface area contributed by atoms with Gasteiger partial charge in [0.05, 0.1) is 4.90 Å². The SMILES string of the molecule is CC(C)CC(CN)NC(=O)CS(=O)(=O)c1ccc(Cl)cc1.Cl. The van der Waals surface area contributed by atoms with Gasteiger partial charge in [-0.25, -0.2) is 8.42 Å². The van der Waals surface area contributed by atoms with Crippen molar-refractivity contribution in [2.45, 2.75) is 31.2 Å². The topological polar surface area (TPSA) is 89.3 Å². The van der Waals surface area contributed by atoms with Crippen LogP contribution in [0.5, 0.6) is 0 Å². The lowest BCUT2D eigenvalue weighted by atomic mass is 10.0. The Bertz CT molecular complexity index is 574. The van der Waals surface area contributed by atoms with Crippen molar-refractivity contribution in [1.82, 2.24) is 5.32 Å². The molecule has 0 saturated heterocycles. The highest BCUT2D eigenvalue weighted by molar-refractivity contribution is 7.92. The number of carbonyl (C=O) groups is 1. The number of rotatable bonds is 7. The molecule has 0 heterocycles. The number of nitrogens with two attached hydrogens (primary N) is 1. The van der Waals surface area contributed by atoms with Gasteiger partial charge in [-0.15, -0.1) is 12.4 Å². The fraction of sp³-hybridized carbons (Fsp3) is 0.500. The molecule has 0 saturated carbocycles. The zero-order valence-corrected chi connectivity index (χ0v) is 15.0. The third-order valence-corrected chi connectivity index (χ3v) is 4.78. The Labute approximate surface area is 142 Å². The Morgan fingerprint density at radius 1 is 1.27 bits per heavy atom. The number of nitrogens with one attached hydrogen (secondary N) is 1. The maximum atomic E-state index is 12.1. The predicted molar refractivity (Wildman–Crippen MR) is 91.2 cm³/mol. The van der Waals surface area contributed by atoms with Crippen molar-refractivity contribution in [1.29, 1.82) is 0 Å². The van der Waals surface area contributed by atoms with Crippen LogP contribution in [0.4, 0.5) is 0 Å². The summed E-state index contributed by atoms with van der Waals surface area (Å²) in [5.41, 5.74) is 5.58. The van der Waals surface area contributed by atoms with Crippen LogP contribution in [0, 0.1) is 5.92 Å². The third-order valence-electron chi connectivity index (χ3n) is 2.90. The fourth-order valence-electron chi connectivity index (χ4n) is 1.95. The van der Waals surface area contributed by atoms with Gasteiger partial charge in [-0.1, -0.05) is 25.4 Å². The van der Waals surface area contributed by atoms with E-state index in [1.54, 1.807) is 0 Å². The molecule has 1 rings (SSSR count). The second-order valence-electron chi connectivity index (χ2n) is 5.34. The molecular weight excluding hydrogens is 347 g/mol. The van der Waals surface area contributed by atoms with Crippen molar-refractivity contribution in [3.63, 3.8) is 0 Å². The zero-order valence-electron chi connectivity index (χ0n) is 12.6. The maximum absolute atomic E-state index is 12.1. The molecular formula is C14H22Cl2N2O3S. The molecule has 0 fully saturated rings. The number of halogens is 2. The summed E-state index contributed by atoms with van der Waals surface area (Å²) < 4.78 is 24.2. The molecule has 5 nitrogen and oxygen atoms in total. The number of hydrogen-bond acceptors (Lipinski definition) is 4. The number of hydrogen-bond donors (Lipinski definition) is 2. The molecule has 8 heteroatoms. The molecule has 0 aliphatic rings. The van der Waals surface area contributed by atoms with E-state index in [0.29, 0.717) is 17.4 Å². The summed E-state index contributed by atoms with van der Waals surface area (Å²) in [5, 5.41) is 3.11. The van der Waals surface area contributed by atoms with Gasteiger partial charge in [-0.3, -0.25) is 4.79 Å². The molecule has 0 aliphatic heterocycles. The zero-order chi connectivity index (χ0) is 16.0. The summed E-state index contributed by atoms with van der Waals surface area (Å²) in [6.45, 7) is 4.31. The molecule has 126 valence electrons. The molecule has 1 unspecified atom stereocenters. The van der Waals surface area contributed by atoms with Gasteiger partial charge in [0.15, 0.2) is 9.84 Å². The van der Waals surface area contributed by atoms with Crippen molar-refractivity contribution >= 4 is 39.8 Å². The second-order valence-corrected chi connectivity index (χ2v) is 7.77. The summed E-state index contributed by atoms with van der Waals surface area (Å²) in [4.78, 5) is 12.0. The first kappa shape index (κ1) is 21.2. The van der Waals surface area contributed by atoms with Crippen molar-refractivity contribution < 1.29 is 13.2 Å². The second kappa shape index (κ2) is 9.35. The minimum Gasteiger partial charge on any atom is -0.351 e. The van der Waals surface area contributed by atoms with Crippen molar-refractivity contribution in [3.8, 4) is 0 Å². The third kappa shape index (κ3) is 6.96. The van der Waals surface area contributed by atoms with Crippen LogP contribution in [-0.4, -0.2) is 32.7 Å². The smallest absolute Gasteiger partial charge is 0.235 e. The van der Waals surface area contributed by atoms with E-state index < -0.39 is 21.5 Å². The first-order valence-electron chi connectivity index (χ1n) is 6.72. The van der Waals surface area contributed by atoms with Gasteiger partial charge in [-0.2, -0.15) is 0 Å². The van der Waals surface area contributed by atoms with Gasteiger partial charge in [-0.05, 0) is 36.6 Å². The Morgan fingerprint density at radius 2 is 1.82 bits per heavy atom. The van der Waals surface area contributed by atoms with E-state index in [1.807, 2.05) is 13.8 Å². The van der Waals surface area contributed by atoms with Gasteiger partial charge in [0.25, 0.3) is 0 Å². The van der Waals surface area contributed by atoms with Crippen LogP contribution in [0.3, 0.4) is 0 Å². The quantitative estimate of drug-likeness (QED) is 0.770. The van der Waals surface area contributed by atoms with Crippen molar-refractivity contribution in [2.24, 2.45) is 11.7 Å². The maximum Gasteiger partial charge on any atom is 0.235 e. The summed E-state index contributed by atoms with van der Waals surface area (Å²) in [6.07, 6.45) is 0.712. The molecule has 22 heavy (non-hydrogen) atoms. The van der Waals surface area contributed by atoms with Gasteiger partial charge in [0.2, 0.25) is 5.91 Å². The number of sulfone groups is 1. The van der Waals surface area contributed by atoms with Crippen molar-refractivity contribution in [3.05, 3.63) is 29.3 Å². The lowest BCUT2D eigenvalue weighted by molar-refractivity contribution is -0.119. The molecule has 1 aromatic carbocycles. The number of benzene rings is 1. The molecule has 1 aromatic rings. The summed E-state index contributed by atoms with van der Waals surface area (Å²) in [7, 11) is -3.67. The molecule has 3 N–H and O–H groups in total. The Hall–Kier alpha value is -0.820. The Kier molecular flexibility index (Phi) is 9.00. The number of carbonyl (C=O) groups excluding carboxylic acids is 1. The van der Waals surface area contributed by atoms with E-state index >= 15 is 0 Å². The van der Waals surface area contributed by atoms with Crippen LogP contribution in [0.2, 0.25) is 5.02 Å². The predicted octanol–water partition coefficient (Wildman–Crippen LogP) is 2.03. The Balaban J connectivity index is 0.00000441.